The maximum atomic E-state index is 12.9. The van der Waals surface area contributed by atoms with E-state index in [2.05, 4.69) is 6.92 Å². The van der Waals surface area contributed by atoms with E-state index in [-0.39, 0.29) is 10.4 Å². The van der Waals surface area contributed by atoms with Crippen LogP contribution in [0.25, 0.3) is 0 Å². The van der Waals surface area contributed by atoms with Crippen LogP contribution in [0.15, 0.2) is 30.3 Å². The SMILES string of the molecule is CC[C@@H]1C[N+]([O-])(Cc2ccccc2)CC[C@@H]1CC(C)=O. The molecule has 1 aromatic rings. The molecule has 20 heavy (non-hydrogen) atoms. The normalized spacial score (nSPS) is 30.1. The topological polar surface area (TPSA) is 40.1 Å². The van der Waals surface area contributed by atoms with Gasteiger partial charge in [-0.05, 0) is 19.3 Å². The van der Waals surface area contributed by atoms with E-state index < -0.39 is 0 Å². The monoisotopic (exact) mass is 275 g/mol. The fourth-order valence-corrected chi connectivity index (χ4v) is 3.46. The summed E-state index contributed by atoms with van der Waals surface area (Å²) in [6.45, 7) is 5.65. The molecule has 1 saturated heterocycles. The first-order valence-electron chi connectivity index (χ1n) is 7.63. The van der Waals surface area contributed by atoms with Crippen LogP contribution in [0.2, 0.25) is 0 Å². The first-order valence-corrected chi connectivity index (χ1v) is 7.63. The van der Waals surface area contributed by atoms with Gasteiger partial charge in [0.25, 0.3) is 0 Å². The third kappa shape index (κ3) is 3.90. The predicted octanol–water partition coefficient (Wildman–Crippen LogP) is 3.53. The molecule has 0 radical (unpaired) electrons. The van der Waals surface area contributed by atoms with Crippen molar-refractivity contribution in [3.63, 3.8) is 0 Å². The summed E-state index contributed by atoms with van der Waals surface area (Å²) in [4.78, 5) is 11.3. The van der Waals surface area contributed by atoms with Gasteiger partial charge in [0.2, 0.25) is 0 Å². The molecule has 0 bridgehead atoms. The number of rotatable bonds is 5. The Morgan fingerprint density at radius 2 is 2.00 bits per heavy atom. The summed E-state index contributed by atoms with van der Waals surface area (Å²) in [6.07, 6.45) is 2.52. The first kappa shape index (κ1) is 15.2. The van der Waals surface area contributed by atoms with E-state index in [4.69, 9.17) is 0 Å². The van der Waals surface area contributed by atoms with Crippen LogP contribution >= 0.6 is 0 Å². The molecule has 1 aliphatic rings. The summed E-state index contributed by atoms with van der Waals surface area (Å²) < 4.78 is -0.128. The van der Waals surface area contributed by atoms with Crippen molar-refractivity contribution in [3.05, 3.63) is 41.1 Å². The van der Waals surface area contributed by atoms with Gasteiger partial charge in [-0.2, -0.15) is 0 Å². The highest BCUT2D eigenvalue weighted by molar-refractivity contribution is 5.75. The van der Waals surface area contributed by atoms with Gasteiger partial charge in [-0.25, -0.2) is 0 Å². The summed E-state index contributed by atoms with van der Waals surface area (Å²) in [5.74, 6) is 1.05. The van der Waals surface area contributed by atoms with Crippen LogP contribution in [0.5, 0.6) is 0 Å². The number of hydrogen-bond acceptors (Lipinski definition) is 2. The van der Waals surface area contributed by atoms with Gasteiger partial charge >= 0.3 is 0 Å². The average molecular weight is 275 g/mol. The largest absolute Gasteiger partial charge is 0.633 e. The van der Waals surface area contributed by atoms with Gasteiger partial charge in [-0.15, -0.1) is 0 Å². The van der Waals surface area contributed by atoms with Gasteiger partial charge in [0.15, 0.2) is 0 Å². The van der Waals surface area contributed by atoms with Gasteiger partial charge in [-0.1, -0.05) is 37.3 Å². The molecule has 0 aromatic heterocycles. The second-order valence-electron chi connectivity index (χ2n) is 6.23. The molecule has 0 aliphatic carbocycles. The fourth-order valence-electron chi connectivity index (χ4n) is 3.46. The van der Waals surface area contributed by atoms with Gasteiger partial charge in [0.05, 0.1) is 13.1 Å². The molecule has 1 aliphatic heterocycles. The Morgan fingerprint density at radius 3 is 2.60 bits per heavy atom. The van der Waals surface area contributed by atoms with E-state index in [0.29, 0.717) is 37.9 Å². The number of carbonyl (C=O) groups is 1. The Morgan fingerprint density at radius 1 is 1.30 bits per heavy atom. The van der Waals surface area contributed by atoms with Crippen molar-refractivity contribution in [2.24, 2.45) is 11.8 Å². The van der Waals surface area contributed by atoms with Crippen molar-refractivity contribution in [2.45, 2.75) is 39.7 Å². The lowest BCUT2D eigenvalue weighted by atomic mass is 9.80. The number of benzene rings is 1. The quantitative estimate of drug-likeness (QED) is 0.609. The molecule has 0 N–H and O–H groups in total. The zero-order valence-electron chi connectivity index (χ0n) is 12.5. The lowest BCUT2D eigenvalue weighted by Crippen LogP contribution is -2.51. The van der Waals surface area contributed by atoms with Gasteiger partial charge in [-0.3, -0.25) is 0 Å². The zero-order chi connectivity index (χ0) is 14.6. The molecular formula is C17H25NO2. The van der Waals surface area contributed by atoms with Gasteiger partial charge in [0.1, 0.15) is 12.3 Å². The van der Waals surface area contributed by atoms with E-state index in [9.17, 15) is 10.0 Å². The molecule has 1 heterocycles. The number of quaternary nitrogens is 1. The summed E-state index contributed by atoms with van der Waals surface area (Å²) >= 11 is 0. The molecule has 110 valence electrons. The minimum atomic E-state index is -0.128. The maximum Gasteiger partial charge on any atom is 0.130 e. The van der Waals surface area contributed by atoms with E-state index in [1.54, 1.807) is 6.92 Å². The van der Waals surface area contributed by atoms with Crippen molar-refractivity contribution in [1.82, 2.24) is 0 Å². The molecular weight excluding hydrogens is 250 g/mol. The number of hydroxylamine groups is 3. The van der Waals surface area contributed by atoms with E-state index >= 15 is 0 Å². The molecule has 2 rings (SSSR count). The number of piperidine rings is 1. The Kier molecular flexibility index (Phi) is 4.95. The Hall–Kier alpha value is -1.19. The van der Waals surface area contributed by atoms with Crippen molar-refractivity contribution >= 4 is 5.78 Å². The van der Waals surface area contributed by atoms with Crippen LogP contribution in [0.4, 0.5) is 0 Å². The van der Waals surface area contributed by atoms with Crippen LogP contribution in [-0.4, -0.2) is 23.5 Å². The number of nitrogens with zero attached hydrogens (tertiary/aromatic N) is 1. The smallest absolute Gasteiger partial charge is 0.130 e. The third-order valence-electron chi connectivity index (χ3n) is 4.53. The molecule has 0 amide bonds. The Bertz CT molecular complexity index is 446. The number of Topliss-reactive ketones (excluding diaryl/α,β-unsaturated/α-hetero) is 1. The first-order chi connectivity index (χ1) is 9.52. The number of likely N-dealkylation sites (tertiary alicyclic amines) is 1. The van der Waals surface area contributed by atoms with E-state index in [1.807, 2.05) is 30.3 Å². The van der Waals surface area contributed by atoms with Crippen molar-refractivity contribution in [2.75, 3.05) is 13.1 Å². The standard InChI is InChI=1S/C17H25NO2/c1-3-16-13-18(20,10-9-17(16)11-14(2)19)12-15-7-5-4-6-8-15/h4-8,16-17H,3,9-13H2,1-2H3/t16-,17-,18?/m1/s1. The second-order valence-corrected chi connectivity index (χ2v) is 6.23. The van der Waals surface area contributed by atoms with Crippen LogP contribution < -0.4 is 0 Å². The average Bonchev–Trinajstić information content (AvgIpc) is 2.41. The molecule has 0 saturated carbocycles. The van der Waals surface area contributed by atoms with E-state index in [1.165, 1.54) is 0 Å². The Balaban J connectivity index is 2.02. The minimum absolute atomic E-state index is 0.128. The molecule has 1 aromatic carbocycles. The maximum absolute atomic E-state index is 12.9. The van der Waals surface area contributed by atoms with Gasteiger partial charge < -0.3 is 14.6 Å². The van der Waals surface area contributed by atoms with Crippen molar-refractivity contribution < 1.29 is 9.44 Å². The highest BCUT2D eigenvalue weighted by Gasteiger charge is 2.35. The van der Waals surface area contributed by atoms with Crippen LogP contribution in [0, 0.1) is 17.0 Å². The highest BCUT2D eigenvalue weighted by Crippen LogP contribution is 2.33. The molecule has 3 heteroatoms. The van der Waals surface area contributed by atoms with Crippen molar-refractivity contribution in [3.8, 4) is 0 Å². The summed E-state index contributed by atoms with van der Waals surface area (Å²) in [5.41, 5.74) is 1.11. The minimum Gasteiger partial charge on any atom is -0.633 e. The fraction of sp³-hybridized carbons (Fsp3) is 0.588. The second kappa shape index (κ2) is 6.51. The highest BCUT2D eigenvalue weighted by atomic mass is 16.5. The molecule has 0 spiro atoms. The predicted molar refractivity (Wildman–Crippen MR) is 80.7 cm³/mol. The van der Waals surface area contributed by atoms with Crippen molar-refractivity contribution in [1.29, 1.82) is 0 Å². The molecule has 3 nitrogen and oxygen atoms in total. The molecule has 1 unspecified atom stereocenters. The molecule has 3 atom stereocenters. The third-order valence-corrected chi connectivity index (χ3v) is 4.53. The Labute approximate surface area is 121 Å². The van der Waals surface area contributed by atoms with Crippen LogP contribution in [0.1, 0.15) is 38.7 Å². The van der Waals surface area contributed by atoms with E-state index in [0.717, 1.165) is 18.4 Å². The zero-order valence-corrected chi connectivity index (χ0v) is 12.5. The summed E-state index contributed by atoms with van der Waals surface area (Å²) in [6, 6.07) is 10.0. The molecule has 1 fully saturated rings. The van der Waals surface area contributed by atoms with Gasteiger partial charge in [0, 0.05) is 24.3 Å². The van der Waals surface area contributed by atoms with Crippen LogP contribution in [-0.2, 0) is 11.3 Å². The number of hydrogen-bond donors (Lipinski definition) is 0. The lowest BCUT2D eigenvalue weighted by molar-refractivity contribution is -0.903. The van der Waals surface area contributed by atoms with Crippen LogP contribution in [0.3, 0.4) is 0 Å². The summed E-state index contributed by atoms with van der Waals surface area (Å²) in [5, 5.41) is 12.9. The summed E-state index contributed by atoms with van der Waals surface area (Å²) in [7, 11) is 0. The number of carbonyl (C=O) groups excluding carboxylic acids is 1. The number of ketones is 1. The lowest BCUT2D eigenvalue weighted by Gasteiger charge is -2.50.